The third-order valence-electron chi connectivity index (χ3n) is 2.94. The molecule has 1 N–H and O–H groups in total. The van der Waals surface area contributed by atoms with Crippen molar-refractivity contribution in [1.29, 1.82) is 5.41 Å². The number of carbonyl (C=O) groups excluding carboxylic acids is 1. The van der Waals surface area contributed by atoms with E-state index >= 15 is 0 Å². The van der Waals surface area contributed by atoms with Gasteiger partial charge in [0.1, 0.15) is 0 Å². The van der Waals surface area contributed by atoms with Gasteiger partial charge in [0.15, 0.2) is 5.17 Å². The van der Waals surface area contributed by atoms with Gasteiger partial charge < -0.3 is 0 Å². The van der Waals surface area contributed by atoms with Gasteiger partial charge in [-0.15, -0.1) is 0 Å². The minimum atomic E-state index is -0.143. The largest absolute Gasteiger partial charge is 0.278 e. The highest BCUT2D eigenvalue weighted by atomic mass is 32.2. The summed E-state index contributed by atoms with van der Waals surface area (Å²) in [5, 5.41) is 8.24. The molecular formula is C16H12N2OS. The average Bonchev–Trinajstić information content (AvgIpc) is 2.75. The number of benzene rings is 2. The molecule has 4 heteroatoms. The van der Waals surface area contributed by atoms with Gasteiger partial charge >= 0.3 is 0 Å². The molecule has 98 valence electrons. The topological polar surface area (TPSA) is 44.2 Å². The van der Waals surface area contributed by atoms with Gasteiger partial charge in [0.2, 0.25) is 0 Å². The molecular weight excluding hydrogens is 268 g/mol. The van der Waals surface area contributed by atoms with Gasteiger partial charge in [-0.1, -0.05) is 48.5 Å². The van der Waals surface area contributed by atoms with Crippen molar-refractivity contribution >= 4 is 34.6 Å². The molecule has 0 saturated carbocycles. The normalized spacial score (nSPS) is 17.0. The molecule has 2 aromatic rings. The van der Waals surface area contributed by atoms with Crippen molar-refractivity contribution in [3.05, 3.63) is 71.1 Å². The molecule has 1 aliphatic heterocycles. The monoisotopic (exact) mass is 280 g/mol. The van der Waals surface area contributed by atoms with Crippen LogP contribution in [0.3, 0.4) is 0 Å². The predicted octanol–water partition coefficient (Wildman–Crippen LogP) is 3.74. The van der Waals surface area contributed by atoms with Crippen LogP contribution in [0.2, 0.25) is 0 Å². The van der Waals surface area contributed by atoms with E-state index in [9.17, 15) is 4.79 Å². The third-order valence-corrected chi connectivity index (χ3v) is 3.82. The summed E-state index contributed by atoms with van der Waals surface area (Å²) in [4.78, 5) is 14.4. The molecule has 0 atom stereocenters. The van der Waals surface area contributed by atoms with Gasteiger partial charge in [0.05, 0.1) is 10.6 Å². The molecule has 0 spiro atoms. The number of nitrogens with one attached hydrogen (secondary N) is 1. The predicted molar refractivity (Wildman–Crippen MR) is 83.7 cm³/mol. The lowest BCUT2D eigenvalue weighted by molar-refractivity contribution is -0.113. The summed E-state index contributed by atoms with van der Waals surface area (Å²) in [6.07, 6.45) is 1.82. The molecule has 2 aromatic carbocycles. The van der Waals surface area contributed by atoms with Crippen LogP contribution < -0.4 is 4.90 Å². The highest BCUT2D eigenvalue weighted by Gasteiger charge is 2.33. The Labute approximate surface area is 121 Å². The lowest BCUT2D eigenvalue weighted by Crippen LogP contribution is -2.27. The SMILES string of the molecule is N=C1SC(=Cc2ccccc2)C(=O)N1c1ccccc1. The van der Waals surface area contributed by atoms with E-state index < -0.39 is 0 Å². The molecule has 1 saturated heterocycles. The molecule has 3 nitrogen and oxygen atoms in total. The first kappa shape index (κ1) is 12.7. The number of hydrogen-bond donors (Lipinski definition) is 1. The van der Waals surface area contributed by atoms with E-state index in [1.165, 1.54) is 16.7 Å². The molecule has 0 aliphatic carbocycles. The van der Waals surface area contributed by atoms with Crippen LogP contribution in [0.5, 0.6) is 0 Å². The average molecular weight is 280 g/mol. The van der Waals surface area contributed by atoms with E-state index in [2.05, 4.69) is 0 Å². The van der Waals surface area contributed by atoms with Crippen molar-refractivity contribution in [2.75, 3.05) is 4.90 Å². The summed E-state index contributed by atoms with van der Waals surface area (Å²) in [7, 11) is 0. The second-order valence-corrected chi connectivity index (χ2v) is 5.33. The van der Waals surface area contributed by atoms with Crippen molar-refractivity contribution in [1.82, 2.24) is 0 Å². The van der Waals surface area contributed by atoms with Gasteiger partial charge in [-0.25, -0.2) is 0 Å². The fourth-order valence-corrected chi connectivity index (χ4v) is 2.86. The minimum Gasteiger partial charge on any atom is -0.278 e. The van der Waals surface area contributed by atoms with Crippen molar-refractivity contribution in [3.63, 3.8) is 0 Å². The third kappa shape index (κ3) is 2.38. The first-order chi connectivity index (χ1) is 9.75. The molecule has 0 aromatic heterocycles. The summed E-state index contributed by atoms with van der Waals surface area (Å²) in [5.74, 6) is -0.143. The van der Waals surface area contributed by atoms with E-state index in [1.54, 1.807) is 0 Å². The fourth-order valence-electron chi connectivity index (χ4n) is 2.00. The zero-order valence-electron chi connectivity index (χ0n) is 10.6. The van der Waals surface area contributed by atoms with Gasteiger partial charge in [-0.05, 0) is 35.5 Å². The standard InChI is InChI=1S/C16H12N2OS/c17-16-18(13-9-5-2-6-10-13)15(19)14(20-16)11-12-7-3-1-4-8-12/h1-11,17H. The number of anilines is 1. The number of amidine groups is 1. The lowest BCUT2D eigenvalue weighted by Gasteiger charge is -2.13. The molecule has 0 radical (unpaired) electrons. The van der Waals surface area contributed by atoms with Crippen molar-refractivity contribution in [2.45, 2.75) is 0 Å². The molecule has 1 heterocycles. The molecule has 1 fully saturated rings. The molecule has 1 amide bonds. The number of amides is 1. The molecule has 0 bridgehead atoms. The molecule has 0 unspecified atom stereocenters. The number of para-hydroxylation sites is 1. The van der Waals surface area contributed by atoms with E-state index in [4.69, 9.17) is 5.41 Å². The van der Waals surface area contributed by atoms with Crippen LogP contribution in [0.15, 0.2) is 65.6 Å². The van der Waals surface area contributed by atoms with Crippen molar-refractivity contribution in [3.8, 4) is 0 Å². The minimum absolute atomic E-state index is 0.143. The number of nitrogens with zero attached hydrogens (tertiary/aromatic N) is 1. The Morgan fingerprint density at radius 3 is 2.20 bits per heavy atom. The molecule has 3 rings (SSSR count). The second-order valence-electron chi connectivity index (χ2n) is 4.30. The van der Waals surface area contributed by atoms with E-state index in [-0.39, 0.29) is 11.1 Å². The summed E-state index contributed by atoms with van der Waals surface area (Å²) < 4.78 is 0. The quantitative estimate of drug-likeness (QED) is 0.852. The van der Waals surface area contributed by atoms with Gasteiger partial charge in [0, 0.05) is 0 Å². The fraction of sp³-hybridized carbons (Fsp3) is 0. The van der Waals surface area contributed by atoms with Gasteiger partial charge in [-0.3, -0.25) is 15.1 Å². The van der Waals surface area contributed by atoms with Crippen LogP contribution >= 0.6 is 11.8 Å². The first-order valence-corrected chi connectivity index (χ1v) is 7.00. The number of thioether (sulfide) groups is 1. The lowest BCUT2D eigenvalue weighted by atomic mass is 10.2. The Morgan fingerprint density at radius 2 is 1.55 bits per heavy atom. The van der Waals surface area contributed by atoms with E-state index in [0.717, 1.165) is 11.3 Å². The highest BCUT2D eigenvalue weighted by Crippen LogP contribution is 2.34. The maximum absolute atomic E-state index is 12.4. The van der Waals surface area contributed by atoms with E-state index in [1.807, 2.05) is 66.7 Å². The Bertz CT molecular complexity index is 680. The Hall–Kier alpha value is -2.33. The maximum Gasteiger partial charge on any atom is 0.271 e. The van der Waals surface area contributed by atoms with Crippen molar-refractivity contribution < 1.29 is 4.79 Å². The zero-order valence-corrected chi connectivity index (χ0v) is 11.4. The van der Waals surface area contributed by atoms with Crippen LogP contribution in [0.1, 0.15) is 5.56 Å². The van der Waals surface area contributed by atoms with Crippen molar-refractivity contribution in [2.24, 2.45) is 0 Å². The summed E-state index contributed by atoms with van der Waals surface area (Å²) in [5.41, 5.74) is 1.69. The summed E-state index contributed by atoms with van der Waals surface area (Å²) >= 11 is 1.19. The smallest absolute Gasteiger partial charge is 0.271 e. The summed E-state index contributed by atoms with van der Waals surface area (Å²) in [6.45, 7) is 0. The van der Waals surface area contributed by atoms with Gasteiger partial charge in [0.25, 0.3) is 5.91 Å². The van der Waals surface area contributed by atoms with Crippen LogP contribution in [-0.2, 0) is 4.79 Å². The first-order valence-electron chi connectivity index (χ1n) is 6.18. The number of rotatable bonds is 2. The molecule has 1 aliphatic rings. The van der Waals surface area contributed by atoms with Crippen LogP contribution in [0, 0.1) is 5.41 Å². The van der Waals surface area contributed by atoms with Crippen LogP contribution in [-0.4, -0.2) is 11.1 Å². The highest BCUT2D eigenvalue weighted by molar-refractivity contribution is 8.19. The van der Waals surface area contributed by atoms with Crippen LogP contribution in [0.25, 0.3) is 6.08 Å². The number of carbonyl (C=O) groups is 1. The van der Waals surface area contributed by atoms with E-state index in [0.29, 0.717) is 4.91 Å². The maximum atomic E-state index is 12.4. The molecule has 20 heavy (non-hydrogen) atoms. The summed E-state index contributed by atoms with van der Waals surface area (Å²) in [6, 6.07) is 18.9. The Kier molecular flexibility index (Phi) is 3.39. The number of hydrogen-bond acceptors (Lipinski definition) is 3. The van der Waals surface area contributed by atoms with Crippen LogP contribution in [0.4, 0.5) is 5.69 Å². The second kappa shape index (κ2) is 5.35. The Morgan fingerprint density at radius 1 is 0.950 bits per heavy atom. The zero-order chi connectivity index (χ0) is 13.9. The Balaban J connectivity index is 1.93. The van der Waals surface area contributed by atoms with Gasteiger partial charge in [-0.2, -0.15) is 0 Å².